The average molecular weight is 302 g/mol. The van der Waals surface area contributed by atoms with Crippen molar-refractivity contribution >= 4 is 16.1 Å². The van der Waals surface area contributed by atoms with Crippen molar-refractivity contribution in [2.45, 2.75) is 31.2 Å². The van der Waals surface area contributed by atoms with Gasteiger partial charge in [-0.25, -0.2) is 13.2 Å². The van der Waals surface area contributed by atoms with Crippen LogP contribution in [0.4, 0.5) is 4.79 Å². The fourth-order valence-electron chi connectivity index (χ4n) is 2.34. The van der Waals surface area contributed by atoms with E-state index in [1.54, 1.807) is 13.8 Å². The van der Waals surface area contributed by atoms with Gasteiger partial charge in [-0.3, -0.25) is 5.10 Å². The number of aromatic nitrogens is 2. The van der Waals surface area contributed by atoms with Crippen molar-refractivity contribution in [1.29, 1.82) is 0 Å². The second kappa shape index (κ2) is 5.41. The van der Waals surface area contributed by atoms with Crippen molar-refractivity contribution in [2.75, 3.05) is 20.2 Å². The maximum atomic E-state index is 12.6. The highest BCUT2D eigenvalue weighted by Gasteiger charge is 2.35. The first-order valence-electron chi connectivity index (χ1n) is 6.22. The molecule has 1 amide bonds. The van der Waals surface area contributed by atoms with Crippen LogP contribution >= 0.6 is 0 Å². The number of H-pyrrole nitrogens is 1. The number of nitrogens with zero attached hydrogens (tertiary/aromatic N) is 2. The van der Waals surface area contributed by atoms with E-state index in [9.17, 15) is 13.2 Å². The normalized spacial score (nSPS) is 20.1. The van der Waals surface area contributed by atoms with E-state index in [0.717, 1.165) is 0 Å². The number of rotatable bonds is 3. The summed E-state index contributed by atoms with van der Waals surface area (Å²) in [5.74, 6) is 0. The monoisotopic (exact) mass is 302 g/mol. The number of carbonyl (C=O) groups excluding carboxylic acids is 1. The number of sulfonamides is 1. The lowest BCUT2D eigenvalue weighted by Crippen LogP contribution is -2.38. The molecule has 0 aromatic carbocycles. The van der Waals surface area contributed by atoms with Crippen molar-refractivity contribution < 1.29 is 17.9 Å². The SMILES string of the molecule is COC(=O)NC1CCN(S(=O)(=O)c2c(C)n[nH]c2C)C1. The number of amides is 1. The second-order valence-corrected chi connectivity index (χ2v) is 6.62. The summed E-state index contributed by atoms with van der Waals surface area (Å²) in [5.41, 5.74) is 0.971. The third-order valence-corrected chi connectivity index (χ3v) is 5.45. The number of hydrogen-bond acceptors (Lipinski definition) is 5. The molecule has 1 unspecified atom stereocenters. The van der Waals surface area contributed by atoms with Crippen molar-refractivity contribution in [2.24, 2.45) is 0 Å². The molecule has 0 bridgehead atoms. The predicted octanol–water partition coefficient (Wildman–Crippen LogP) is 0.146. The number of nitrogens with one attached hydrogen (secondary N) is 2. The minimum atomic E-state index is -3.58. The van der Waals surface area contributed by atoms with E-state index in [-0.39, 0.29) is 17.5 Å². The number of ether oxygens (including phenoxy) is 1. The fourth-order valence-corrected chi connectivity index (χ4v) is 4.17. The Morgan fingerprint density at radius 2 is 2.20 bits per heavy atom. The highest BCUT2D eigenvalue weighted by Crippen LogP contribution is 2.25. The van der Waals surface area contributed by atoms with E-state index in [0.29, 0.717) is 24.4 Å². The first-order valence-corrected chi connectivity index (χ1v) is 7.66. The van der Waals surface area contributed by atoms with E-state index in [4.69, 9.17) is 0 Å². The first kappa shape index (κ1) is 14.8. The molecule has 1 aliphatic heterocycles. The molecular weight excluding hydrogens is 284 g/mol. The van der Waals surface area contributed by atoms with Gasteiger partial charge in [0.05, 0.1) is 18.5 Å². The van der Waals surface area contributed by atoms with Crippen LogP contribution in [-0.2, 0) is 14.8 Å². The Hall–Kier alpha value is -1.61. The molecule has 1 fully saturated rings. The highest BCUT2D eigenvalue weighted by atomic mass is 32.2. The van der Waals surface area contributed by atoms with Crippen LogP contribution in [0.3, 0.4) is 0 Å². The fraction of sp³-hybridized carbons (Fsp3) is 0.636. The Morgan fingerprint density at radius 3 is 2.75 bits per heavy atom. The van der Waals surface area contributed by atoms with Gasteiger partial charge >= 0.3 is 6.09 Å². The zero-order chi connectivity index (χ0) is 14.9. The van der Waals surface area contributed by atoms with Crippen LogP contribution in [-0.4, -0.2) is 55.3 Å². The molecule has 0 aliphatic carbocycles. The zero-order valence-corrected chi connectivity index (χ0v) is 12.5. The summed E-state index contributed by atoms with van der Waals surface area (Å²) in [6.45, 7) is 3.92. The molecule has 0 radical (unpaired) electrons. The molecule has 1 saturated heterocycles. The Kier molecular flexibility index (Phi) is 4.00. The predicted molar refractivity (Wildman–Crippen MR) is 70.8 cm³/mol. The van der Waals surface area contributed by atoms with Crippen molar-refractivity contribution in [3.8, 4) is 0 Å². The van der Waals surface area contributed by atoms with E-state index in [1.165, 1.54) is 11.4 Å². The molecule has 1 aliphatic rings. The lowest BCUT2D eigenvalue weighted by Gasteiger charge is -2.17. The van der Waals surface area contributed by atoms with Gasteiger partial charge in [-0.2, -0.15) is 9.40 Å². The van der Waals surface area contributed by atoms with Crippen LogP contribution in [0.25, 0.3) is 0 Å². The maximum Gasteiger partial charge on any atom is 0.407 e. The number of aryl methyl sites for hydroxylation is 2. The number of alkyl carbamates (subject to hydrolysis) is 1. The molecule has 8 nitrogen and oxygen atoms in total. The summed E-state index contributed by atoms with van der Waals surface area (Å²) in [6, 6.07) is -0.232. The Balaban J connectivity index is 2.15. The summed E-state index contributed by atoms with van der Waals surface area (Å²) in [6.07, 6.45) is 0.00880. The van der Waals surface area contributed by atoms with E-state index in [1.807, 2.05) is 0 Å². The number of aromatic amines is 1. The summed E-state index contributed by atoms with van der Waals surface area (Å²) < 4.78 is 31.0. The minimum absolute atomic E-state index is 0.219. The van der Waals surface area contributed by atoms with Gasteiger partial charge < -0.3 is 10.1 Å². The Morgan fingerprint density at radius 1 is 1.50 bits per heavy atom. The van der Waals surface area contributed by atoms with Gasteiger partial charge in [-0.1, -0.05) is 0 Å². The average Bonchev–Trinajstić information content (AvgIpc) is 2.97. The molecule has 1 aromatic rings. The first-order chi connectivity index (χ1) is 9.36. The maximum absolute atomic E-state index is 12.6. The largest absolute Gasteiger partial charge is 0.453 e. The number of methoxy groups -OCH3 is 1. The van der Waals surface area contributed by atoms with Gasteiger partial charge in [0, 0.05) is 19.1 Å². The molecule has 2 rings (SSSR count). The van der Waals surface area contributed by atoms with Gasteiger partial charge in [-0.15, -0.1) is 0 Å². The third kappa shape index (κ3) is 2.63. The Bertz CT molecular complexity index is 590. The lowest BCUT2D eigenvalue weighted by atomic mass is 10.3. The van der Waals surface area contributed by atoms with E-state index in [2.05, 4.69) is 20.3 Å². The van der Waals surface area contributed by atoms with Crippen LogP contribution in [0.1, 0.15) is 17.8 Å². The molecule has 112 valence electrons. The van der Waals surface area contributed by atoms with Crippen LogP contribution in [0.2, 0.25) is 0 Å². The molecule has 9 heteroatoms. The Labute approximate surface area is 117 Å². The molecule has 2 heterocycles. The third-order valence-electron chi connectivity index (χ3n) is 3.32. The molecule has 1 atom stereocenters. The van der Waals surface area contributed by atoms with Crippen LogP contribution < -0.4 is 5.32 Å². The molecule has 0 saturated carbocycles. The topological polar surface area (TPSA) is 104 Å². The highest BCUT2D eigenvalue weighted by molar-refractivity contribution is 7.89. The van der Waals surface area contributed by atoms with Crippen molar-refractivity contribution in [3.05, 3.63) is 11.4 Å². The summed E-state index contributed by atoms with van der Waals surface area (Å²) >= 11 is 0. The van der Waals surface area contributed by atoms with Crippen molar-refractivity contribution in [1.82, 2.24) is 19.8 Å². The summed E-state index contributed by atoms with van der Waals surface area (Å²) in [4.78, 5) is 11.4. The van der Waals surface area contributed by atoms with E-state index >= 15 is 0 Å². The summed E-state index contributed by atoms with van der Waals surface area (Å²) in [7, 11) is -2.31. The van der Waals surface area contributed by atoms with Gasteiger partial charge in [0.15, 0.2) is 0 Å². The number of carbonyl (C=O) groups is 1. The molecule has 20 heavy (non-hydrogen) atoms. The molecular formula is C11H18N4O4S. The van der Waals surface area contributed by atoms with E-state index < -0.39 is 16.1 Å². The second-order valence-electron chi connectivity index (χ2n) is 4.75. The van der Waals surface area contributed by atoms with Gasteiger partial charge in [0.1, 0.15) is 4.90 Å². The summed E-state index contributed by atoms with van der Waals surface area (Å²) in [5, 5.41) is 9.20. The molecule has 1 aromatic heterocycles. The quantitative estimate of drug-likeness (QED) is 0.826. The smallest absolute Gasteiger partial charge is 0.407 e. The van der Waals surface area contributed by atoms with Gasteiger partial charge in [0.25, 0.3) is 0 Å². The number of hydrogen-bond donors (Lipinski definition) is 2. The van der Waals surface area contributed by atoms with Crippen LogP contribution in [0.15, 0.2) is 4.90 Å². The molecule has 0 spiro atoms. The van der Waals surface area contributed by atoms with Crippen LogP contribution in [0, 0.1) is 13.8 Å². The van der Waals surface area contributed by atoms with Crippen molar-refractivity contribution in [3.63, 3.8) is 0 Å². The van der Waals surface area contributed by atoms with Gasteiger partial charge in [0.2, 0.25) is 10.0 Å². The van der Waals surface area contributed by atoms with Crippen LogP contribution in [0.5, 0.6) is 0 Å². The standard InChI is InChI=1S/C11H18N4O4S/c1-7-10(8(2)14-13-7)20(17,18)15-5-4-9(6-15)12-11(16)19-3/h9H,4-6H2,1-3H3,(H,12,16)(H,13,14). The van der Waals surface area contributed by atoms with Gasteiger partial charge in [-0.05, 0) is 20.3 Å². The minimum Gasteiger partial charge on any atom is -0.453 e. The lowest BCUT2D eigenvalue weighted by molar-refractivity contribution is 0.167. The molecule has 2 N–H and O–H groups in total. The zero-order valence-electron chi connectivity index (χ0n) is 11.6.